The van der Waals surface area contributed by atoms with E-state index in [0.717, 1.165) is 4.31 Å². The molecule has 0 fully saturated rings. The lowest BCUT2D eigenvalue weighted by Gasteiger charge is -2.24. The van der Waals surface area contributed by atoms with Crippen molar-refractivity contribution in [1.29, 1.82) is 0 Å². The summed E-state index contributed by atoms with van der Waals surface area (Å²) in [6, 6.07) is 27.8. The van der Waals surface area contributed by atoms with Crippen molar-refractivity contribution in [3.63, 3.8) is 0 Å². The second kappa shape index (κ2) is 14.9. The molecule has 4 rings (SSSR count). The molecular formula is C31H29ClN4O6S. The van der Waals surface area contributed by atoms with Gasteiger partial charge in [0.15, 0.2) is 6.61 Å². The number of carbonyl (C=O) groups is 2. The Bertz CT molecular complexity index is 1670. The Hall–Kier alpha value is -4.87. The number of ether oxygens (including phenoxy) is 2. The molecule has 0 aliphatic rings. The average Bonchev–Trinajstić information content (AvgIpc) is 3.02. The van der Waals surface area contributed by atoms with Crippen LogP contribution in [0.4, 0.5) is 11.4 Å². The minimum absolute atomic E-state index is 0.0452. The van der Waals surface area contributed by atoms with Gasteiger partial charge in [0.05, 0.1) is 34.1 Å². The number of anilines is 2. The van der Waals surface area contributed by atoms with Crippen LogP contribution in [0.1, 0.15) is 12.5 Å². The molecule has 2 amide bonds. The fourth-order valence-corrected chi connectivity index (χ4v) is 5.43. The summed E-state index contributed by atoms with van der Waals surface area (Å²) in [6.45, 7) is 1.58. The van der Waals surface area contributed by atoms with Gasteiger partial charge < -0.3 is 14.8 Å². The first-order chi connectivity index (χ1) is 20.8. The highest BCUT2D eigenvalue weighted by molar-refractivity contribution is 7.92. The molecular weight excluding hydrogens is 592 g/mol. The number of carbonyl (C=O) groups excluding carboxylic acids is 2. The number of hydrazone groups is 1. The molecule has 0 radical (unpaired) electrons. The lowest BCUT2D eigenvalue weighted by molar-refractivity contribution is -0.119. The van der Waals surface area contributed by atoms with Gasteiger partial charge in [0, 0.05) is 0 Å². The summed E-state index contributed by atoms with van der Waals surface area (Å²) >= 11 is 6.05. The van der Waals surface area contributed by atoms with Gasteiger partial charge in [0.2, 0.25) is 0 Å². The van der Waals surface area contributed by atoms with Gasteiger partial charge in [0.1, 0.15) is 18.0 Å². The first-order valence-electron chi connectivity index (χ1n) is 13.2. The van der Waals surface area contributed by atoms with Gasteiger partial charge in [-0.3, -0.25) is 13.9 Å². The van der Waals surface area contributed by atoms with E-state index >= 15 is 0 Å². The highest BCUT2D eigenvalue weighted by atomic mass is 35.5. The summed E-state index contributed by atoms with van der Waals surface area (Å²) < 4.78 is 38.9. The Labute approximate surface area is 254 Å². The SMILES string of the molecule is CCOc1ccc(N(CC(=O)N/N=C\c2ccc(OCC(=O)Nc3ccccc3Cl)cc2)S(=O)(=O)c2ccccc2)cc1. The van der Waals surface area contributed by atoms with Crippen molar-refractivity contribution in [2.24, 2.45) is 5.10 Å². The Morgan fingerprint density at radius 2 is 1.47 bits per heavy atom. The quantitative estimate of drug-likeness (QED) is 0.158. The third kappa shape index (κ3) is 8.81. The zero-order valence-electron chi connectivity index (χ0n) is 23.1. The standard InChI is InChI=1S/C31H29ClN4O6S/c1-2-41-25-18-14-24(15-19-25)36(43(39,40)27-8-4-3-5-9-27)21-30(37)35-33-20-23-12-16-26(17-13-23)42-22-31(38)34-29-11-7-6-10-28(29)32/h3-20H,2,21-22H2,1H3,(H,34,38)(H,35,37)/b33-20-. The van der Waals surface area contributed by atoms with Gasteiger partial charge in [-0.25, -0.2) is 13.8 Å². The van der Waals surface area contributed by atoms with E-state index < -0.39 is 22.5 Å². The van der Waals surface area contributed by atoms with E-state index in [4.69, 9.17) is 21.1 Å². The summed E-state index contributed by atoms with van der Waals surface area (Å²) in [5, 5.41) is 7.06. The van der Waals surface area contributed by atoms with E-state index in [1.165, 1.54) is 18.3 Å². The molecule has 0 aromatic heterocycles. The molecule has 43 heavy (non-hydrogen) atoms. The first kappa shape index (κ1) is 31.1. The maximum Gasteiger partial charge on any atom is 0.264 e. The molecule has 2 N–H and O–H groups in total. The monoisotopic (exact) mass is 620 g/mol. The number of amides is 2. The number of sulfonamides is 1. The number of halogens is 1. The zero-order chi connectivity index (χ0) is 30.7. The van der Waals surface area contributed by atoms with Gasteiger partial charge in [0.25, 0.3) is 21.8 Å². The smallest absolute Gasteiger partial charge is 0.264 e. The predicted molar refractivity (Wildman–Crippen MR) is 166 cm³/mol. The van der Waals surface area contributed by atoms with Crippen molar-refractivity contribution in [2.45, 2.75) is 11.8 Å². The number of nitrogens with zero attached hydrogens (tertiary/aromatic N) is 2. The molecule has 222 valence electrons. The average molecular weight is 621 g/mol. The normalized spacial score (nSPS) is 11.1. The summed E-state index contributed by atoms with van der Waals surface area (Å²) in [4.78, 5) is 25.0. The number of para-hydroxylation sites is 1. The molecule has 0 unspecified atom stereocenters. The second-order valence-corrected chi connectivity index (χ2v) is 11.2. The largest absolute Gasteiger partial charge is 0.494 e. The number of nitrogens with one attached hydrogen (secondary N) is 2. The van der Waals surface area contributed by atoms with E-state index in [9.17, 15) is 18.0 Å². The van der Waals surface area contributed by atoms with Gasteiger partial charge in [-0.2, -0.15) is 5.10 Å². The lowest BCUT2D eigenvalue weighted by Crippen LogP contribution is -2.39. The van der Waals surface area contributed by atoms with Crippen LogP contribution in [0.25, 0.3) is 0 Å². The summed E-state index contributed by atoms with van der Waals surface area (Å²) in [7, 11) is -4.06. The Kier molecular flexibility index (Phi) is 10.7. The Morgan fingerprint density at radius 3 is 2.14 bits per heavy atom. The van der Waals surface area contributed by atoms with Gasteiger partial charge in [-0.15, -0.1) is 0 Å². The maximum atomic E-state index is 13.4. The summed E-state index contributed by atoms with van der Waals surface area (Å²) in [6.07, 6.45) is 1.40. The molecule has 0 spiro atoms. The maximum absolute atomic E-state index is 13.4. The number of hydrogen-bond acceptors (Lipinski definition) is 7. The highest BCUT2D eigenvalue weighted by Crippen LogP contribution is 2.26. The van der Waals surface area contributed by atoms with Crippen molar-refractivity contribution >= 4 is 51.0 Å². The molecule has 0 saturated heterocycles. The van der Waals surface area contributed by atoms with E-state index in [1.54, 1.807) is 91.0 Å². The molecule has 10 nitrogen and oxygen atoms in total. The molecule has 0 bridgehead atoms. The van der Waals surface area contributed by atoms with Crippen LogP contribution in [-0.4, -0.2) is 46.2 Å². The zero-order valence-corrected chi connectivity index (χ0v) is 24.7. The van der Waals surface area contributed by atoms with E-state index in [-0.39, 0.29) is 17.4 Å². The van der Waals surface area contributed by atoms with Gasteiger partial charge in [-0.1, -0.05) is 41.9 Å². The van der Waals surface area contributed by atoms with Crippen LogP contribution >= 0.6 is 11.6 Å². The van der Waals surface area contributed by atoms with Crippen molar-refractivity contribution in [2.75, 3.05) is 29.4 Å². The minimum Gasteiger partial charge on any atom is -0.494 e. The van der Waals surface area contributed by atoms with Crippen LogP contribution < -0.4 is 24.5 Å². The van der Waals surface area contributed by atoms with Crippen LogP contribution in [0.3, 0.4) is 0 Å². The molecule has 0 aliphatic heterocycles. The molecule has 0 atom stereocenters. The molecule has 0 aliphatic carbocycles. The highest BCUT2D eigenvalue weighted by Gasteiger charge is 2.27. The fraction of sp³-hybridized carbons (Fsp3) is 0.129. The predicted octanol–water partition coefficient (Wildman–Crippen LogP) is 5.10. The van der Waals surface area contributed by atoms with E-state index in [0.29, 0.717) is 40.1 Å². The number of rotatable bonds is 13. The van der Waals surface area contributed by atoms with E-state index in [2.05, 4.69) is 15.8 Å². The lowest BCUT2D eigenvalue weighted by atomic mass is 10.2. The summed E-state index contributed by atoms with van der Waals surface area (Å²) in [5.74, 6) is 0.0193. The topological polar surface area (TPSA) is 126 Å². The second-order valence-electron chi connectivity index (χ2n) is 8.93. The van der Waals surface area contributed by atoms with Crippen molar-refractivity contribution < 1.29 is 27.5 Å². The van der Waals surface area contributed by atoms with E-state index in [1.807, 2.05) is 6.92 Å². The van der Waals surface area contributed by atoms with Gasteiger partial charge >= 0.3 is 0 Å². The van der Waals surface area contributed by atoms with Crippen LogP contribution in [0, 0.1) is 0 Å². The third-order valence-electron chi connectivity index (χ3n) is 5.85. The molecule has 4 aromatic carbocycles. The van der Waals surface area contributed by atoms with Crippen LogP contribution in [0.2, 0.25) is 5.02 Å². The fourth-order valence-electron chi connectivity index (χ4n) is 3.80. The third-order valence-corrected chi connectivity index (χ3v) is 7.97. The molecule has 0 heterocycles. The van der Waals surface area contributed by atoms with Crippen molar-refractivity contribution in [3.8, 4) is 11.5 Å². The van der Waals surface area contributed by atoms with Crippen LogP contribution in [0.5, 0.6) is 11.5 Å². The molecule has 12 heteroatoms. The Balaban J connectivity index is 1.35. The van der Waals surface area contributed by atoms with Crippen LogP contribution in [0.15, 0.2) is 113 Å². The molecule has 4 aromatic rings. The number of benzene rings is 4. The number of hydrogen-bond donors (Lipinski definition) is 2. The molecule has 0 saturated carbocycles. The van der Waals surface area contributed by atoms with Gasteiger partial charge in [-0.05, 0) is 85.3 Å². The van der Waals surface area contributed by atoms with Crippen LogP contribution in [-0.2, 0) is 19.6 Å². The minimum atomic E-state index is -4.06. The van der Waals surface area contributed by atoms with Crippen molar-refractivity contribution in [3.05, 3.63) is 114 Å². The summed E-state index contributed by atoms with van der Waals surface area (Å²) in [5.41, 5.74) is 3.79. The first-order valence-corrected chi connectivity index (χ1v) is 15.0. The van der Waals surface area contributed by atoms with Crippen molar-refractivity contribution in [1.82, 2.24) is 5.43 Å². The Morgan fingerprint density at radius 1 is 0.837 bits per heavy atom.